The van der Waals surface area contributed by atoms with Gasteiger partial charge in [0.1, 0.15) is 11.4 Å². The number of nitrogens with one attached hydrogen (secondary N) is 1. The molecule has 3 rings (SSSR count). The number of aromatic nitrogens is 4. The van der Waals surface area contributed by atoms with Crippen molar-refractivity contribution >= 4 is 29.3 Å². The van der Waals surface area contributed by atoms with Crippen molar-refractivity contribution < 1.29 is 14.3 Å². The van der Waals surface area contributed by atoms with Crippen LogP contribution in [0.4, 0.5) is 5.69 Å². The first-order valence-electron chi connectivity index (χ1n) is 8.24. The van der Waals surface area contributed by atoms with Crippen LogP contribution in [0.2, 0.25) is 0 Å². The molecule has 3 aromatic rings. The minimum atomic E-state index is -0.521. The maximum atomic E-state index is 12.2. The highest BCUT2D eigenvalue weighted by Gasteiger charge is 2.15. The van der Waals surface area contributed by atoms with E-state index in [4.69, 9.17) is 10.5 Å². The number of rotatable bonds is 7. The Morgan fingerprint density at radius 3 is 2.64 bits per heavy atom. The van der Waals surface area contributed by atoms with E-state index in [0.717, 1.165) is 5.56 Å². The number of nitrogens with zero attached hydrogens (tertiary/aromatic N) is 4. The number of carbonyl (C=O) groups is 2. The topological polar surface area (TPSA) is 125 Å². The van der Waals surface area contributed by atoms with Gasteiger partial charge in [-0.25, -0.2) is 0 Å². The Bertz CT molecular complexity index is 1000. The molecule has 28 heavy (non-hydrogen) atoms. The summed E-state index contributed by atoms with van der Waals surface area (Å²) in [5, 5.41) is 14.9. The predicted octanol–water partition coefficient (Wildman–Crippen LogP) is 1.81. The first kappa shape index (κ1) is 19.4. The minimum Gasteiger partial charge on any atom is -0.494 e. The Labute approximate surface area is 165 Å². The number of anilines is 1. The van der Waals surface area contributed by atoms with E-state index in [0.29, 0.717) is 27.8 Å². The van der Waals surface area contributed by atoms with E-state index in [-0.39, 0.29) is 11.7 Å². The van der Waals surface area contributed by atoms with E-state index in [1.54, 1.807) is 31.4 Å². The molecule has 0 saturated carbocycles. The van der Waals surface area contributed by atoms with E-state index in [1.165, 1.54) is 16.4 Å². The summed E-state index contributed by atoms with van der Waals surface area (Å²) in [7, 11) is 1.57. The molecule has 0 unspecified atom stereocenters. The Balaban J connectivity index is 1.67. The van der Waals surface area contributed by atoms with Gasteiger partial charge in [0.25, 0.3) is 0 Å². The summed E-state index contributed by atoms with van der Waals surface area (Å²) in [5.74, 6) is -0.0281. The molecule has 0 fully saturated rings. The standard InChI is InChI=1S/C18H18N6O3S/c1-11-3-8-15(27-2)14(9-11)24-18(21-22-23-24)28-10-16(25)20-13-6-4-12(5-7-13)17(19)26/h3-9H,10H2,1-2H3,(H2,19,26)(H,20,25). The number of amides is 2. The lowest BCUT2D eigenvalue weighted by Crippen LogP contribution is -2.15. The molecule has 0 atom stereocenters. The SMILES string of the molecule is COc1ccc(C)cc1-n1nnnc1SCC(=O)Nc1ccc(C(N)=O)cc1. The summed E-state index contributed by atoms with van der Waals surface area (Å²) in [6.45, 7) is 1.96. The normalized spacial score (nSPS) is 10.5. The molecule has 0 aliphatic rings. The smallest absolute Gasteiger partial charge is 0.248 e. The fraction of sp³-hybridized carbons (Fsp3) is 0.167. The van der Waals surface area contributed by atoms with Crippen molar-refractivity contribution in [2.75, 3.05) is 18.2 Å². The summed E-state index contributed by atoms with van der Waals surface area (Å²) >= 11 is 1.19. The number of hydrogen-bond donors (Lipinski definition) is 2. The highest BCUT2D eigenvalue weighted by molar-refractivity contribution is 7.99. The van der Waals surface area contributed by atoms with Crippen LogP contribution in [0, 0.1) is 6.92 Å². The Hall–Kier alpha value is -3.40. The zero-order valence-electron chi connectivity index (χ0n) is 15.2. The quantitative estimate of drug-likeness (QED) is 0.581. The summed E-state index contributed by atoms with van der Waals surface area (Å²) in [4.78, 5) is 23.3. The molecule has 9 nitrogen and oxygen atoms in total. The van der Waals surface area contributed by atoms with Crippen molar-refractivity contribution in [3.05, 3.63) is 53.6 Å². The van der Waals surface area contributed by atoms with E-state index < -0.39 is 5.91 Å². The van der Waals surface area contributed by atoms with Gasteiger partial charge < -0.3 is 15.8 Å². The first-order chi connectivity index (χ1) is 13.5. The van der Waals surface area contributed by atoms with Crippen molar-refractivity contribution in [2.24, 2.45) is 5.73 Å². The van der Waals surface area contributed by atoms with E-state index in [2.05, 4.69) is 20.8 Å². The molecule has 2 amide bonds. The fourth-order valence-electron chi connectivity index (χ4n) is 2.43. The largest absolute Gasteiger partial charge is 0.494 e. The maximum absolute atomic E-state index is 12.2. The van der Waals surface area contributed by atoms with Crippen LogP contribution in [0.15, 0.2) is 47.6 Å². The second-order valence-electron chi connectivity index (χ2n) is 5.83. The number of tetrazole rings is 1. The number of nitrogens with two attached hydrogens (primary N) is 1. The van der Waals surface area contributed by atoms with Crippen LogP contribution < -0.4 is 15.8 Å². The third kappa shape index (κ3) is 4.46. The Kier molecular flexibility index (Phi) is 5.90. The van der Waals surface area contributed by atoms with Gasteiger partial charge >= 0.3 is 0 Å². The number of carbonyl (C=O) groups excluding carboxylic acids is 2. The Morgan fingerprint density at radius 1 is 1.21 bits per heavy atom. The van der Waals surface area contributed by atoms with Gasteiger partial charge in [0.15, 0.2) is 0 Å². The first-order valence-corrected chi connectivity index (χ1v) is 9.22. The summed E-state index contributed by atoms with van der Waals surface area (Å²) in [5.41, 5.74) is 7.86. The van der Waals surface area contributed by atoms with Crippen molar-refractivity contribution in [3.8, 4) is 11.4 Å². The average molecular weight is 398 g/mol. The number of aryl methyl sites for hydroxylation is 1. The number of thioether (sulfide) groups is 1. The molecule has 0 bridgehead atoms. The third-order valence-corrected chi connectivity index (χ3v) is 4.71. The van der Waals surface area contributed by atoms with E-state index in [1.807, 2.05) is 25.1 Å². The van der Waals surface area contributed by atoms with E-state index in [9.17, 15) is 9.59 Å². The third-order valence-electron chi connectivity index (χ3n) is 3.79. The van der Waals surface area contributed by atoms with Crippen LogP contribution >= 0.6 is 11.8 Å². The molecule has 0 radical (unpaired) electrons. The van der Waals surface area contributed by atoms with Gasteiger partial charge in [-0.2, -0.15) is 4.68 Å². The molecule has 0 aliphatic heterocycles. The maximum Gasteiger partial charge on any atom is 0.248 e. The second kappa shape index (κ2) is 8.53. The van der Waals surface area contributed by atoms with Crippen molar-refractivity contribution in [2.45, 2.75) is 12.1 Å². The lowest BCUT2D eigenvalue weighted by atomic mass is 10.2. The molecule has 2 aromatic carbocycles. The van der Waals surface area contributed by atoms with Gasteiger partial charge in [0.2, 0.25) is 17.0 Å². The van der Waals surface area contributed by atoms with E-state index >= 15 is 0 Å². The molecule has 3 N–H and O–H groups in total. The molecule has 0 aliphatic carbocycles. The zero-order valence-corrected chi connectivity index (χ0v) is 16.1. The Morgan fingerprint density at radius 2 is 1.96 bits per heavy atom. The lowest BCUT2D eigenvalue weighted by molar-refractivity contribution is -0.113. The lowest BCUT2D eigenvalue weighted by Gasteiger charge is -2.10. The van der Waals surface area contributed by atoms with Gasteiger partial charge in [0, 0.05) is 11.3 Å². The van der Waals surface area contributed by atoms with Crippen LogP contribution in [0.3, 0.4) is 0 Å². The molecule has 0 spiro atoms. The number of ether oxygens (including phenoxy) is 1. The zero-order chi connectivity index (χ0) is 20.1. The number of methoxy groups -OCH3 is 1. The molecule has 1 heterocycles. The number of hydrogen-bond acceptors (Lipinski definition) is 7. The summed E-state index contributed by atoms with van der Waals surface area (Å²) in [6.07, 6.45) is 0. The van der Waals surface area contributed by atoms with Crippen LogP contribution in [-0.2, 0) is 4.79 Å². The van der Waals surface area contributed by atoms with Crippen LogP contribution in [0.25, 0.3) is 5.69 Å². The predicted molar refractivity (Wildman–Crippen MR) is 105 cm³/mol. The molecule has 1 aromatic heterocycles. The van der Waals surface area contributed by atoms with Gasteiger partial charge in [-0.15, -0.1) is 5.10 Å². The summed E-state index contributed by atoms with van der Waals surface area (Å²) in [6, 6.07) is 12.0. The van der Waals surface area contributed by atoms with Crippen LogP contribution in [-0.4, -0.2) is 44.9 Å². The minimum absolute atomic E-state index is 0.103. The second-order valence-corrected chi connectivity index (χ2v) is 6.77. The highest BCUT2D eigenvalue weighted by Crippen LogP contribution is 2.27. The molecular weight excluding hydrogens is 380 g/mol. The van der Waals surface area contributed by atoms with Crippen molar-refractivity contribution in [1.29, 1.82) is 0 Å². The van der Waals surface area contributed by atoms with Crippen molar-refractivity contribution in [3.63, 3.8) is 0 Å². The molecule has 10 heteroatoms. The van der Waals surface area contributed by atoms with Crippen LogP contribution in [0.1, 0.15) is 15.9 Å². The van der Waals surface area contributed by atoms with Gasteiger partial charge in [-0.3, -0.25) is 9.59 Å². The van der Waals surface area contributed by atoms with Crippen LogP contribution in [0.5, 0.6) is 5.75 Å². The monoisotopic (exact) mass is 398 g/mol. The number of benzene rings is 2. The fourth-order valence-corrected chi connectivity index (χ4v) is 3.11. The average Bonchev–Trinajstić information content (AvgIpc) is 3.15. The highest BCUT2D eigenvalue weighted by atomic mass is 32.2. The van der Waals surface area contributed by atoms with Gasteiger partial charge in [-0.1, -0.05) is 17.8 Å². The van der Waals surface area contributed by atoms with Gasteiger partial charge in [-0.05, 0) is 59.3 Å². The van der Waals surface area contributed by atoms with Crippen molar-refractivity contribution in [1.82, 2.24) is 20.2 Å². The molecule has 144 valence electrons. The molecular formula is C18H18N6O3S. The number of primary amides is 1. The van der Waals surface area contributed by atoms with Gasteiger partial charge in [0.05, 0.1) is 12.9 Å². The molecule has 0 saturated heterocycles. The summed E-state index contributed by atoms with van der Waals surface area (Å²) < 4.78 is 6.91.